The number of amides is 1. The van der Waals surface area contributed by atoms with E-state index in [-0.39, 0.29) is 17.8 Å². The highest BCUT2D eigenvalue weighted by molar-refractivity contribution is 6.33. The van der Waals surface area contributed by atoms with Crippen molar-refractivity contribution in [1.29, 1.82) is 0 Å². The van der Waals surface area contributed by atoms with Gasteiger partial charge in [-0.05, 0) is 31.0 Å². The molecule has 0 bridgehead atoms. The number of aromatic nitrogens is 1. The van der Waals surface area contributed by atoms with Crippen LogP contribution in [0.4, 0.5) is 10.1 Å². The summed E-state index contributed by atoms with van der Waals surface area (Å²) in [6, 6.07) is 8.26. The van der Waals surface area contributed by atoms with Gasteiger partial charge in [-0.3, -0.25) is 9.78 Å². The van der Waals surface area contributed by atoms with Gasteiger partial charge in [-0.25, -0.2) is 4.39 Å². The lowest BCUT2D eigenvalue weighted by Gasteiger charge is -2.35. The summed E-state index contributed by atoms with van der Waals surface area (Å²) >= 11 is 6.00. The molecule has 1 aromatic carbocycles. The van der Waals surface area contributed by atoms with Crippen molar-refractivity contribution < 1.29 is 9.18 Å². The van der Waals surface area contributed by atoms with Crippen LogP contribution in [0.1, 0.15) is 23.2 Å². The van der Waals surface area contributed by atoms with Crippen LogP contribution in [0.5, 0.6) is 0 Å². The number of carbonyl (C=O) groups excluding carboxylic acids is 1. The van der Waals surface area contributed by atoms with Gasteiger partial charge in [0, 0.05) is 31.5 Å². The Labute approximate surface area is 139 Å². The molecule has 0 aliphatic carbocycles. The Kier molecular flexibility index (Phi) is 4.76. The Morgan fingerprint density at radius 1 is 1.35 bits per heavy atom. The molecule has 1 saturated heterocycles. The first-order valence-electron chi connectivity index (χ1n) is 7.55. The molecule has 0 saturated carbocycles. The van der Waals surface area contributed by atoms with Crippen LogP contribution < -0.4 is 10.2 Å². The topological polar surface area (TPSA) is 45.2 Å². The SMILES string of the molecule is O=C(N[C@@H]1CCCN(c2ccccc2F)C1)c1ccncc1Cl. The van der Waals surface area contributed by atoms with E-state index < -0.39 is 0 Å². The summed E-state index contributed by atoms with van der Waals surface area (Å²) in [6.07, 6.45) is 4.74. The van der Waals surface area contributed by atoms with E-state index in [9.17, 15) is 9.18 Å². The molecule has 6 heteroatoms. The Hall–Kier alpha value is -2.14. The normalized spacial score (nSPS) is 17.8. The zero-order valence-corrected chi connectivity index (χ0v) is 13.3. The van der Waals surface area contributed by atoms with Crippen molar-refractivity contribution >= 4 is 23.2 Å². The quantitative estimate of drug-likeness (QED) is 0.937. The van der Waals surface area contributed by atoms with Gasteiger partial charge in [0.05, 0.1) is 16.3 Å². The van der Waals surface area contributed by atoms with Gasteiger partial charge in [0.25, 0.3) is 5.91 Å². The molecule has 1 amide bonds. The highest BCUT2D eigenvalue weighted by Gasteiger charge is 2.24. The van der Waals surface area contributed by atoms with E-state index in [1.54, 1.807) is 18.2 Å². The first-order chi connectivity index (χ1) is 11.1. The van der Waals surface area contributed by atoms with Gasteiger partial charge in [-0.15, -0.1) is 0 Å². The summed E-state index contributed by atoms with van der Waals surface area (Å²) in [6.45, 7) is 1.36. The molecular formula is C17H17ClFN3O. The summed E-state index contributed by atoms with van der Waals surface area (Å²) in [5.74, 6) is -0.463. The molecule has 1 aromatic heterocycles. The van der Waals surface area contributed by atoms with Gasteiger partial charge in [0.2, 0.25) is 0 Å². The van der Waals surface area contributed by atoms with Crippen LogP contribution in [0.25, 0.3) is 0 Å². The Bertz CT molecular complexity index is 710. The van der Waals surface area contributed by atoms with Crippen molar-refractivity contribution in [2.24, 2.45) is 0 Å². The van der Waals surface area contributed by atoms with Crippen LogP contribution in [0, 0.1) is 5.82 Å². The summed E-state index contributed by atoms with van der Waals surface area (Å²) in [4.78, 5) is 18.2. The number of piperidine rings is 1. The third-order valence-electron chi connectivity index (χ3n) is 3.97. The van der Waals surface area contributed by atoms with Crippen LogP contribution in [0.3, 0.4) is 0 Å². The van der Waals surface area contributed by atoms with Crippen LogP contribution in [0.15, 0.2) is 42.7 Å². The van der Waals surface area contributed by atoms with Gasteiger partial charge in [0.15, 0.2) is 0 Å². The second kappa shape index (κ2) is 6.96. The zero-order chi connectivity index (χ0) is 16.2. The number of benzene rings is 1. The lowest BCUT2D eigenvalue weighted by Crippen LogP contribution is -2.48. The van der Waals surface area contributed by atoms with E-state index in [0.29, 0.717) is 22.8 Å². The number of rotatable bonds is 3. The maximum Gasteiger partial charge on any atom is 0.253 e. The molecule has 1 aliphatic heterocycles. The average Bonchev–Trinajstić information content (AvgIpc) is 2.56. The molecule has 1 N–H and O–H groups in total. The second-order valence-corrected chi connectivity index (χ2v) is 5.97. The minimum Gasteiger partial charge on any atom is -0.367 e. The number of halogens is 2. The maximum atomic E-state index is 13.9. The number of nitrogens with zero attached hydrogens (tertiary/aromatic N) is 2. The summed E-state index contributed by atoms with van der Waals surface area (Å²) in [5.41, 5.74) is 0.984. The van der Waals surface area contributed by atoms with Gasteiger partial charge < -0.3 is 10.2 Å². The van der Waals surface area contributed by atoms with Crippen molar-refractivity contribution in [3.05, 3.63) is 59.1 Å². The first kappa shape index (κ1) is 15.7. The number of hydrogen-bond acceptors (Lipinski definition) is 3. The minimum absolute atomic E-state index is 0.0416. The number of para-hydroxylation sites is 1. The molecule has 0 unspecified atom stereocenters. The van der Waals surface area contributed by atoms with Gasteiger partial charge in [0.1, 0.15) is 5.82 Å². The highest BCUT2D eigenvalue weighted by atomic mass is 35.5. The fraction of sp³-hybridized carbons (Fsp3) is 0.294. The molecule has 23 heavy (non-hydrogen) atoms. The maximum absolute atomic E-state index is 13.9. The van der Waals surface area contributed by atoms with Gasteiger partial charge in [-0.2, -0.15) is 0 Å². The molecule has 120 valence electrons. The number of carbonyl (C=O) groups is 1. The molecular weight excluding hydrogens is 317 g/mol. The van der Waals surface area contributed by atoms with Crippen molar-refractivity contribution in [2.75, 3.05) is 18.0 Å². The molecule has 0 spiro atoms. The van der Waals surface area contributed by atoms with E-state index in [1.165, 1.54) is 18.5 Å². The number of anilines is 1. The Morgan fingerprint density at radius 2 is 2.17 bits per heavy atom. The van der Waals surface area contributed by atoms with Gasteiger partial charge in [-0.1, -0.05) is 23.7 Å². The van der Waals surface area contributed by atoms with E-state index >= 15 is 0 Å². The van der Waals surface area contributed by atoms with E-state index in [0.717, 1.165) is 19.4 Å². The third kappa shape index (κ3) is 3.62. The predicted octanol–water partition coefficient (Wildman–Crippen LogP) is 3.27. The Morgan fingerprint density at radius 3 is 2.96 bits per heavy atom. The second-order valence-electron chi connectivity index (χ2n) is 5.57. The summed E-state index contributed by atoms with van der Waals surface area (Å²) in [5, 5.41) is 3.31. The molecule has 2 aromatic rings. The van der Waals surface area contributed by atoms with Crippen molar-refractivity contribution in [1.82, 2.24) is 10.3 Å². The standard InChI is InChI=1S/C17H17ClFN3O/c18-14-10-20-8-7-13(14)17(23)21-12-4-3-9-22(11-12)16-6-2-1-5-15(16)19/h1-2,5-8,10,12H,3-4,9,11H2,(H,21,23)/t12-/m1/s1. The van der Waals surface area contributed by atoms with E-state index in [4.69, 9.17) is 11.6 Å². The minimum atomic E-state index is -0.239. The van der Waals surface area contributed by atoms with Crippen LogP contribution >= 0.6 is 11.6 Å². The lowest BCUT2D eigenvalue weighted by molar-refractivity contribution is 0.0933. The van der Waals surface area contributed by atoms with Gasteiger partial charge >= 0.3 is 0 Å². The van der Waals surface area contributed by atoms with Crippen LogP contribution in [0.2, 0.25) is 5.02 Å². The molecule has 0 radical (unpaired) electrons. The molecule has 3 rings (SSSR count). The largest absolute Gasteiger partial charge is 0.367 e. The van der Waals surface area contributed by atoms with Crippen molar-refractivity contribution in [3.63, 3.8) is 0 Å². The number of pyridine rings is 1. The molecule has 2 heterocycles. The first-order valence-corrected chi connectivity index (χ1v) is 7.93. The van der Waals surface area contributed by atoms with E-state index in [1.807, 2.05) is 11.0 Å². The molecule has 1 fully saturated rings. The molecule has 1 aliphatic rings. The Balaban J connectivity index is 1.69. The predicted molar refractivity (Wildman–Crippen MR) is 88.3 cm³/mol. The fourth-order valence-corrected chi connectivity index (χ4v) is 3.05. The third-order valence-corrected chi connectivity index (χ3v) is 4.27. The monoisotopic (exact) mass is 333 g/mol. The molecule has 4 nitrogen and oxygen atoms in total. The lowest BCUT2D eigenvalue weighted by atomic mass is 10.0. The summed E-state index contributed by atoms with van der Waals surface area (Å²) < 4.78 is 13.9. The summed E-state index contributed by atoms with van der Waals surface area (Å²) in [7, 11) is 0. The smallest absolute Gasteiger partial charge is 0.253 e. The average molecular weight is 334 g/mol. The number of nitrogens with one attached hydrogen (secondary N) is 1. The zero-order valence-electron chi connectivity index (χ0n) is 12.5. The van der Waals surface area contributed by atoms with E-state index in [2.05, 4.69) is 10.3 Å². The number of hydrogen-bond donors (Lipinski definition) is 1. The van der Waals surface area contributed by atoms with Crippen molar-refractivity contribution in [2.45, 2.75) is 18.9 Å². The van der Waals surface area contributed by atoms with Crippen LogP contribution in [-0.2, 0) is 0 Å². The molecule has 1 atom stereocenters. The highest BCUT2D eigenvalue weighted by Crippen LogP contribution is 2.23. The fourth-order valence-electron chi connectivity index (χ4n) is 2.84. The van der Waals surface area contributed by atoms with Crippen molar-refractivity contribution in [3.8, 4) is 0 Å². The van der Waals surface area contributed by atoms with Crippen LogP contribution in [-0.4, -0.2) is 30.0 Å².